The molecule has 0 bridgehead atoms. The van der Waals surface area contributed by atoms with Crippen LogP contribution in [0.3, 0.4) is 0 Å². The quantitative estimate of drug-likeness (QED) is 0.573. The van der Waals surface area contributed by atoms with Crippen molar-refractivity contribution in [1.29, 1.82) is 0 Å². The summed E-state index contributed by atoms with van der Waals surface area (Å²) in [4.78, 5) is 41.1. The number of ether oxygens (including phenoxy) is 2. The van der Waals surface area contributed by atoms with Gasteiger partial charge in [0.25, 0.3) is 5.91 Å². The number of anilines is 1. The number of imidazole rings is 1. The van der Waals surface area contributed by atoms with Gasteiger partial charge in [-0.15, -0.1) is 0 Å². The van der Waals surface area contributed by atoms with Gasteiger partial charge in [0.1, 0.15) is 18.0 Å². The van der Waals surface area contributed by atoms with E-state index in [1.54, 1.807) is 41.8 Å². The normalized spacial score (nSPS) is 11.6. The van der Waals surface area contributed by atoms with Crippen molar-refractivity contribution >= 4 is 23.8 Å². The lowest BCUT2D eigenvalue weighted by Gasteiger charge is -2.19. The van der Waals surface area contributed by atoms with E-state index in [4.69, 9.17) is 15.2 Å². The number of amides is 2. The maximum atomic E-state index is 12.3. The summed E-state index contributed by atoms with van der Waals surface area (Å²) in [5, 5.41) is 4.91. The summed E-state index contributed by atoms with van der Waals surface area (Å²) >= 11 is 0. The molecular weight excluding hydrogens is 368 g/mol. The van der Waals surface area contributed by atoms with Gasteiger partial charge in [0.05, 0.1) is 6.61 Å². The van der Waals surface area contributed by atoms with Gasteiger partial charge >= 0.3 is 12.1 Å². The van der Waals surface area contributed by atoms with Crippen LogP contribution < -0.4 is 16.4 Å². The van der Waals surface area contributed by atoms with E-state index in [9.17, 15) is 14.4 Å². The van der Waals surface area contributed by atoms with Gasteiger partial charge in [-0.05, 0) is 27.7 Å². The van der Waals surface area contributed by atoms with Crippen LogP contribution in [-0.4, -0.2) is 58.2 Å². The highest BCUT2D eigenvalue weighted by Crippen LogP contribution is 2.11. The molecule has 1 rings (SSSR count). The molecule has 156 valence electrons. The predicted molar refractivity (Wildman–Crippen MR) is 102 cm³/mol. The fourth-order valence-electron chi connectivity index (χ4n) is 2.06. The zero-order valence-corrected chi connectivity index (χ0v) is 17.0. The molecule has 1 heterocycles. The topological polar surface area (TPSA) is 141 Å². The molecule has 4 N–H and O–H groups in total. The molecule has 1 aromatic heterocycles. The summed E-state index contributed by atoms with van der Waals surface area (Å²) in [7, 11) is 3.20. The summed E-state index contributed by atoms with van der Waals surface area (Å²) < 4.78 is 11.4. The minimum atomic E-state index is -0.683. The Hall–Kier alpha value is -3.24. The first-order valence-electron chi connectivity index (χ1n) is 8.59. The van der Waals surface area contributed by atoms with E-state index in [-0.39, 0.29) is 30.6 Å². The van der Waals surface area contributed by atoms with Crippen LogP contribution in [0.4, 0.5) is 10.6 Å². The molecule has 0 unspecified atom stereocenters. The molecular formula is C17H28N6O5. The third-order valence-corrected chi connectivity index (χ3v) is 3.01. The van der Waals surface area contributed by atoms with Gasteiger partial charge in [-0.25, -0.2) is 9.78 Å². The SMILES string of the molecule is CCOC(=O)CN(C)/C=C(\N)NC(=O)c1nc(NC(=O)OC(C)(C)C)cn1C. The Balaban J connectivity index is 2.71. The highest BCUT2D eigenvalue weighted by atomic mass is 16.6. The summed E-state index contributed by atoms with van der Waals surface area (Å²) in [5.41, 5.74) is 5.12. The van der Waals surface area contributed by atoms with Crippen LogP contribution >= 0.6 is 0 Å². The number of hydrogen-bond acceptors (Lipinski definition) is 8. The number of carbonyl (C=O) groups excluding carboxylic acids is 3. The fourth-order valence-corrected chi connectivity index (χ4v) is 2.06. The van der Waals surface area contributed by atoms with Crippen molar-refractivity contribution in [2.45, 2.75) is 33.3 Å². The van der Waals surface area contributed by atoms with Gasteiger partial charge < -0.3 is 30.0 Å². The van der Waals surface area contributed by atoms with Gasteiger partial charge in [0.2, 0.25) is 5.82 Å². The molecule has 0 saturated heterocycles. The number of esters is 1. The number of nitrogens with one attached hydrogen (secondary N) is 2. The lowest BCUT2D eigenvalue weighted by molar-refractivity contribution is -0.143. The van der Waals surface area contributed by atoms with Crippen LogP contribution in [0.2, 0.25) is 0 Å². The van der Waals surface area contributed by atoms with Crippen LogP contribution in [0, 0.1) is 0 Å². The fraction of sp³-hybridized carbons (Fsp3) is 0.529. The number of nitrogens with zero attached hydrogens (tertiary/aromatic N) is 3. The summed E-state index contributed by atoms with van der Waals surface area (Å²) in [6.07, 6.45) is 2.17. The molecule has 0 aliphatic heterocycles. The minimum Gasteiger partial charge on any atom is -0.465 e. The first-order chi connectivity index (χ1) is 12.9. The van der Waals surface area contributed by atoms with Gasteiger partial charge in [-0.3, -0.25) is 14.9 Å². The summed E-state index contributed by atoms with van der Waals surface area (Å²) in [6, 6.07) is 0. The molecule has 0 aromatic carbocycles. The van der Waals surface area contributed by atoms with E-state index in [1.165, 1.54) is 21.9 Å². The second-order valence-corrected chi connectivity index (χ2v) is 6.95. The van der Waals surface area contributed by atoms with E-state index in [1.807, 2.05) is 0 Å². The number of aryl methyl sites for hydroxylation is 1. The minimum absolute atomic E-state index is 0.0152. The highest BCUT2D eigenvalue weighted by Gasteiger charge is 2.19. The molecule has 0 atom stereocenters. The van der Waals surface area contributed by atoms with Gasteiger partial charge in [-0.1, -0.05) is 0 Å². The van der Waals surface area contributed by atoms with Crippen molar-refractivity contribution in [1.82, 2.24) is 19.8 Å². The molecule has 0 spiro atoms. The zero-order chi connectivity index (χ0) is 21.5. The number of rotatable bonds is 7. The second kappa shape index (κ2) is 9.62. The van der Waals surface area contributed by atoms with Gasteiger partial charge in [-0.2, -0.15) is 0 Å². The average molecular weight is 396 g/mol. The number of likely N-dealkylation sites (N-methyl/N-ethyl adjacent to an activating group) is 1. The molecule has 11 heteroatoms. The van der Waals surface area contributed by atoms with Crippen molar-refractivity contribution in [3.8, 4) is 0 Å². The predicted octanol–water partition coefficient (Wildman–Crippen LogP) is 0.749. The maximum absolute atomic E-state index is 12.3. The third kappa shape index (κ3) is 7.98. The average Bonchev–Trinajstić information content (AvgIpc) is 2.85. The Morgan fingerprint density at radius 1 is 1.36 bits per heavy atom. The second-order valence-electron chi connectivity index (χ2n) is 6.95. The van der Waals surface area contributed by atoms with E-state index >= 15 is 0 Å². The van der Waals surface area contributed by atoms with E-state index in [0.717, 1.165) is 0 Å². The Bertz CT molecular complexity index is 750. The van der Waals surface area contributed by atoms with Crippen molar-refractivity contribution < 1.29 is 23.9 Å². The molecule has 0 aliphatic rings. The monoisotopic (exact) mass is 396 g/mol. The van der Waals surface area contributed by atoms with E-state index in [0.29, 0.717) is 0 Å². The molecule has 0 radical (unpaired) electrons. The van der Waals surface area contributed by atoms with E-state index in [2.05, 4.69) is 15.6 Å². The Kier molecular flexibility index (Phi) is 7.84. The van der Waals surface area contributed by atoms with Crippen molar-refractivity contribution in [2.75, 3.05) is 25.5 Å². The zero-order valence-electron chi connectivity index (χ0n) is 17.0. The standard InChI is InChI=1S/C17H28N6O5/c1-7-27-13(24)10-22(5)8-11(18)19-15(25)14-20-12(9-23(14)6)21-16(26)28-17(2,3)4/h8-9H,7,10,18H2,1-6H3,(H,19,25)(H,21,26)/b11-8+. The number of nitrogens with two attached hydrogens (primary N) is 1. The Morgan fingerprint density at radius 3 is 2.57 bits per heavy atom. The molecule has 11 nitrogen and oxygen atoms in total. The van der Waals surface area contributed by atoms with Crippen LogP contribution in [-0.2, 0) is 21.3 Å². The molecule has 0 aliphatic carbocycles. The number of aromatic nitrogens is 2. The van der Waals surface area contributed by atoms with Crippen LogP contribution in [0.1, 0.15) is 38.3 Å². The van der Waals surface area contributed by atoms with Crippen LogP contribution in [0.5, 0.6) is 0 Å². The smallest absolute Gasteiger partial charge is 0.413 e. The molecule has 2 amide bonds. The lowest BCUT2D eigenvalue weighted by Crippen LogP contribution is -2.32. The maximum Gasteiger partial charge on any atom is 0.413 e. The Labute approximate surface area is 163 Å². The van der Waals surface area contributed by atoms with Crippen LogP contribution in [0.15, 0.2) is 18.2 Å². The van der Waals surface area contributed by atoms with Crippen molar-refractivity contribution in [2.24, 2.45) is 12.8 Å². The molecule has 1 aromatic rings. The molecule has 0 saturated carbocycles. The number of carbonyl (C=O) groups is 3. The summed E-state index contributed by atoms with van der Waals surface area (Å²) in [6.45, 7) is 7.17. The first-order valence-corrected chi connectivity index (χ1v) is 8.59. The largest absolute Gasteiger partial charge is 0.465 e. The number of hydrogen-bond donors (Lipinski definition) is 3. The molecule has 0 fully saturated rings. The van der Waals surface area contributed by atoms with Gasteiger partial charge in [0, 0.05) is 26.5 Å². The van der Waals surface area contributed by atoms with Crippen LogP contribution in [0.25, 0.3) is 0 Å². The molecule has 28 heavy (non-hydrogen) atoms. The third-order valence-electron chi connectivity index (χ3n) is 3.01. The summed E-state index contributed by atoms with van der Waals surface area (Å²) in [5.74, 6) is -0.804. The lowest BCUT2D eigenvalue weighted by atomic mass is 10.2. The Morgan fingerprint density at radius 2 is 2.00 bits per heavy atom. The van der Waals surface area contributed by atoms with E-state index < -0.39 is 23.6 Å². The van der Waals surface area contributed by atoms with Gasteiger partial charge in [0.15, 0.2) is 5.82 Å². The highest BCUT2D eigenvalue weighted by molar-refractivity contribution is 5.93. The first kappa shape index (κ1) is 22.8. The van der Waals surface area contributed by atoms with Crippen molar-refractivity contribution in [3.63, 3.8) is 0 Å². The van der Waals surface area contributed by atoms with Crippen molar-refractivity contribution in [3.05, 3.63) is 24.0 Å².